The summed E-state index contributed by atoms with van der Waals surface area (Å²) in [6, 6.07) is 0. The number of carbonyl (C=O) groups excluding carboxylic acids is 2. The van der Waals surface area contributed by atoms with Crippen LogP contribution in [0.25, 0.3) is 0 Å². The normalized spacial score (nSPS) is 24.4. The highest BCUT2D eigenvalue weighted by Gasteiger charge is 2.30. The van der Waals surface area contributed by atoms with Crippen LogP contribution in [0.2, 0.25) is 0 Å². The van der Waals surface area contributed by atoms with E-state index in [-0.39, 0.29) is 6.61 Å². The minimum atomic E-state index is -0.590. The van der Waals surface area contributed by atoms with Crippen LogP contribution in [0.5, 0.6) is 0 Å². The first-order valence-corrected chi connectivity index (χ1v) is 7.44. The molecule has 1 aliphatic rings. The van der Waals surface area contributed by atoms with Crippen molar-refractivity contribution in [2.24, 2.45) is 0 Å². The third-order valence-electron chi connectivity index (χ3n) is 2.86. The molecule has 0 amide bonds. The van der Waals surface area contributed by atoms with Gasteiger partial charge in [-0.1, -0.05) is 25.5 Å². The molecular weight excluding hydrogens is 288 g/mol. The molecule has 0 saturated carbocycles. The van der Waals surface area contributed by atoms with Crippen molar-refractivity contribution in [3.8, 4) is 0 Å². The van der Waals surface area contributed by atoms with Crippen molar-refractivity contribution in [1.29, 1.82) is 0 Å². The molecule has 3 atom stereocenters. The fraction of sp³-hybridized carbons (Fsp3) is 0.625. The maximum absolute atomic E-state index is 11.1. The van der Waals surface area contributed by atoms with Gasteiger partial charge in [-0.25, -0.2) is 0 Å². The van der Waals surface area contributed by atoms with Gasteiger partial charge < -0.3 is 18.9 Å². The van der Waals surface area contributed by atoms with Crippen LogP contribution < -0.4 is 0 Å². The fourth-order valence-corrected chi connectivity index (χ4v) is 1.86. The van der Waals surface area contributed by atoms with Crippen LogP contribution in [0.4, 0.5) is 0 Å². The quantitative estimate of drug-likeness (QED) is 0.505. The Balaban J connectivity index is 2.53. The third kappa shape index (κ3) is 7.38. The van der Waals surface area contributed by atoms with Crippen LogP contribution in [0.3, 0.4) is 0 Å². The molecule has 1 heterocycles. The van der Waals surface area contributed by atoms with Crippen molar-refractivity contribution < 1.29 is 28.5 Å². The van der Waals surface area contributed by atoms with Crippen LogP contribution in [0, 0.1) is 0 Å². The predicted octanol–water partition coefficient (Wildman–Crippen LogP) is 2.14. The summed E-state index contributed by atoms with van der Waals surface area (Å²) in [6.45, 7) is 5.16. The summed E-state index contributed by atoms with van der Waals surface area (Å²) < 4.78 is 21.3. The Bertz CT molecular complexity index is 415. The van der Waals surface area contributed by atoms with E-state index < -0.39 is 30.4 Å². The first kappa shape index (κ1) is 18.4. The first-order chi connectivity index (χ1) is 10.5. The molecule has 0 saturated heterocycles. The molecule has 22 heavy (non-hydrogen) atoms. The second-order valence-corrected chi connectivity index (χ2v) is 4.90. The van der Waals surface area contributed by atoms with Crippen molar-refractivity contribution in [2.45, 2.75) is 52.1 Å². The summed E-state index contributed by atoms with van der Waals surface area (Å²) in [4.78, 5) is 22.0. The zero-order valence-corrected chi connectivity index (χ0v) is 13.3. The van der Waals surface area contributed by atoms with E-state index in [1.807, 2.05) is 12.2 Å². The number of hydrogen-bond donors (Lipinski definition) is 0. The number of ether oxygens (including phenoxy) is 4. The highest BCUT2D eigenvalue weighted by Crippen LogP contribution is 2.18. The lowest BCUT2D eigenvalue weighted by Gasteiger charge is -2.31. The standard InChI is InChI=1S/C16H24O6/c1-4-5-6-7-10-19-16-9-8-14(21-13(3)18)15(22-16)11-20-12(2)17/h6-9,14-16H,4-5,10-11H2,1-3H3/b7-6+/t14-,15+,16-/m0/s1. The van der Waals surface area contributed by atoms with Gasteiger partial charge in [0, 0.05) is 13.8 Å². The van der Waals surface area contributed by atoms with E-state index in [9.17, 15) is 9.59 Å². The molecule has 1 rings (SSSR count). The van der Waals surface area contributed by atoms with Gasteiger partial charge in [-0.3, -0.25) is 9.59 Å². The molecular formula is C16H24O6. The zero-order chi connectivity index (χ0) is 16.4. The molecule has 0 aromatic carbocycles. The summed E-state index contributed by atoms with van der Waals surface area (Å²) in [5, 5.41) is 0. The minimum Gasteiger partial charge on any atom is -0.463 e. The zero-order valence-electron chi connectivity index (χ0n) is 13.3. The molecule has 0 aromatic rings. The van der Waals surface area contributed by atoms with Crippen LogP contribution in [-0.2, 0) is 28.5 Å². The number of rotatable bonds is 8. The number of allylic oxidation sites excluding steroid dienone is 1. The SMILES string of the molecule is CCC/C=C/CO[C@@H]1C=C[C@H](OC(C)=O)[C@@H](COC(C)=O)O1. The van der Waals surface area contributed by atoms with E-state index >= 15 is 0 Å². The average molecular weight is 312 g/mol. The molecule has 1 aliphatic heterocycles. The smallest absolute Gasteiger partial charge is 0.303 e. The van der Waals surface area contributed by atoms with Crippen molar-refractivity contribution in [1.82, 2.24) is 0 Å². The van der Waals surface area contributed by atoms with E-state index in [2.05, 4.69) is 6.92 Å². The van der Waals surface area contributed by atoms with Crippen molar-refractivity contribution in [3.05, 3.63) is 24.3 Å². The van der Waals surface area contributed by atoms with Gasteiger partial charge in [0.2, 0.25) is 0 Å². The fourth-order valence-electron chi connectivity index (χ4n) is 1.86. The lowest BCUT2D eigenvalue weighted by Crippen LogP contribution is -2.42. The van der Waals surface area contributed by atoms with Gasteiger partial charge in [0.1, 0.15) is 18.8 Å². The van der Waals surface area contributed by atoms with Crippen molar-refractivity contribution >= 4 is 11.9 Å². The lowest BCUT2D eigenvalue weighted by molar-refractivity contribution is -0.194. The highest BCUT2D eigenvalue weighted by molar-refractivity contribution is 5.66. The number of carbonyl (C=O) groups is 2. The van der Waals surface area contributed by atoms with E-state index in [0.717, 1.165) is 12.8 Å². The minimum absolute atomic E-state index is 0.00313. The largest absolute Gasteiger partial charge is 0.463 e. The molecule has 0 N–H and O–H groups in total. The van der Waals surface area contributed by atoms with E-state index in [4.69, 9.17) is 18.9 Å². The Morgan fingerprint density at radius 2 is 1.95 bits per heavy atom. The van der Waals surface area contributed by atoms with Gasteiger partial charge in [0.25, 0.3) is 0 Å². The molecule has 0 aromatic heterocycles. The Labute approximate surface area is 131 Å². The topological polar surface area (TPSA) is 71.1 Å². The van der Waals surface area contributed by atoms with Gasteiger partial charge in [0.05, 0.1) is 6.61 Å². The summed E-state index contributed by atoms with van der Waals surface area (Å²) in [6.07, 6.45) is 7.72. The monoisotopic (exact) mass is 312 g/mol. The van der Waals surface area contributed by atoms with Crippen molar-refractivity contribution in [2.75, 3.05) is 13.2 Å². The predicted molar refractivity (Wildman–Crippen MR) is 80.0 cm³/mol. The second-order valence-electron chi connectivity index (χ2n) is 4.90. The van der Waals surface area contributed by atoms with Gasteiger partial charge in [-0.2, -0.15) is 0 Å². The van der Waals surface area contributed by atoms with E-state index in [0.29, 0.717) is 6.61 Å². The van der Waals surface area contributed by atoms with Crippen molar-refractivity contribution in [3.63, 3.8) is 0 Å². The molecule has 0 aliphatic carbocycles. The molecule has 124 valence electrons. The Morgan fingerprint density at radius 1 is 1.18 bits per heavy atom. The molecule has 0 bridgehead atoms. The molecule has 6 heteroatoms. The number of unbranched alkanes of at least 4 members (excludes halogenated alkanes) is 1. The number of hydrogen-bond acceptors (Lipinski definition) is 6. The highest BCUT2D eigenvalue weighted by atomic mass is 16.7. The van der Waals surface area contributed by atoms with Crippen LogP contribution in [0.15, 0.2) is 24.3 Å². The van der Waals surface area contributed by atoms with Gasteiger partial charge >= 0.3 is 11.9 Å². The maximum atomic E-state index is 11.1. The Morgan fingerprint density at radius 3 is 2.59 bits per heavy atom. The first-order valence-electron chi connectivity index (χ1n) is 7.44. The molecule has 0 fully saturated rings. The molecule has 0 unspecified atom stereocenters. The van der Waals surface area contributed by atoms with Crippen LogP contribution >= 0.6 is 0 Å². The van der Waals surface area contributed by atoms with Gasteiger partial charge in [-0.05, 0) is 18.6 Å². The molecule has 6 nitrogen and oxygen atoms in total. The second kappa shape index (κ2) is 10.1. The molecule has 0 spiro atoms. The summed E-state index contributed by atoms with van der Waals surface area (Å²) in [5.74, 6) is -0.840. The summed E-state index contributed by atoms with van der Waals surface area (Å²) in [7, 11) is 0. The Hall–Kier alpha value is -1.66. The van der Waals surface area contributed by atoms with E-state index in [1.54, 1.807) is 12.2 Å². The lowest BCUT2D eigenvalue weighted by atomic mass is 10.1. The van der Waals surface area contributed by atoms with E-state index in [1.165, 1.54) is 13.8 Å². The summed E-state index contributed by atoms with van der Waals surface area (Å²) in [5.41, 5.74) is 0. The van der Waals surface area contributed by atoms with Crippen LogP contribution in [-0.4, -0.2) is 43.7 Å². The van der Waals surface area contributed by atoms with Crippen LogP contribution in [0.1, 0.15) is 33.6 Å². The van der Waals surface area contributed by atoms with Gasteiger partial charge in [-0.15, -0.1) is 0 Å². The van der Waals surface area contributed by atoms with Gasteiger partial charge in [0.15, 0.2) is 6.29 Å². The average Bonchev–Trinajstić information content (AvgIpc) is 2.46. The molecule has 0 radical (unpaired) electrons. The maximum Gasteiger partial charge on any atom is 0.303 e. The Kier molecular flexibility index (Phi) is 8.47. The summed E-state index contributed by atoms with van der Waals surface area (Å²) >= 11 is 0. The third-order valence-corrected chi connectivity index (χ3v) is 2.86. The number of esters is 2.